The molecule has 0 aliphatic heterocycles. The Morgan fingerprint density at radius 2 is 0.900 bits per heavy atom. The third-order valence-corrected chi connectivity index (χ3v) is 5.57. The largest absolute Gasteiger partial charge is 0.385 e. The van der Waals surface area contributed by atoms with E-state index < -0.39 is 0 Å². The lowest BCUT2D eigenvalue weighted by atomic mass is 10.1. The Morgan fingerprint density at radius 1 is 0.500 bits per heavy atom. The first-order valence-corrected chi connectivity index (χ1v) is 10.8. The minimum absolute atomic E-state index is 0.938. The molecular weight excluding hydrogens is 364 g/mol. The zero-order chi connectivity index (χ0) is 20.8. The van der Waals surface area contributed by atoms with Crippen LogP contribution in [-0.2, 0) is 12.8 Å². The monoisotopic (exact) mass is 394 g/mol. The molecule has 0 amide bonds. The molecule has 4 aromatic rings. The van der Waals surface area contributed by atoms with E-state index in [0.29, 0.717) is 0 Å². The van der Waals surface area contributed by atoms with Gasteiger partial charge < -0.3 is 10.6 Å². The molecule has 4 rings (SSSR count). The summed E-state index contributed by atoms with van der Waals surface area (Å²) in [6.07, 6.45) is 2.06. The van der Waals surface area contributed by atoms with Crippen LogP contribution < -0.4 is 10.6 Å². The normalized spacial score (nSPS) is 10.9. The van der Waals surface area contributed by atoms with Gasteiger partial charge in [0.2, 0.25) is 0 Å². The van der Waals surface area contributed by atoms with Crippen LogP contribution in [0.5, 0.6) is 0 Å². The first-order chi connectivity index (χ1) is 14.7. The quantitative estimate of drug-likeness (QED) is 0.345. The Balaban J connectivity index is 1.31. The van der Waals surface area contributed by atoms with Gasteiger partial charge >= 0.3 is 0 Å². The fourth-order valence-corrected chi connectivity index (χ4v) is 3.68. The van der Waals surface area contributed by atoms with Crippen LogP contribution in [0, 0.1) is 13.8 Å². The summed E-state index contributed by atoms with van der Waals surface area (Å²) in [5.41, 5.74) is 7.71. The van der Waals surface area contributed by atoms with Crippen molar-refractivity contribution in [3.05, 3.63) is 107 Å². The molecule has 0 saturated carbocycles. The second-order valence-electron chi connectivity index (χ2n) is 8.10. The van der Waals surface area contributed by atoms with Crippen LogP contribution in [0.3, 0.4) is 0 Å². The highest BCUT2D eigenvalue weighted by molar-refractivity contribution is 5.88. The molecule has 0 aromatic heterocycles. The Hall–Kier alpha value is -3.26. The number of hydrogen-bond acceptors (Lipinski definition) is 2. The Bertz CT molecular complexity index is 1000. The first kappa shape index (κ1) is 20.0. The maximum Gasteiger partial charge on any atom is 0.0346 e. The summed E-state index contributed by atoms with van der Waals surface area (Å²) >= 11 is 0. The molecule has 0 heterocycles. The Labute approximate surface area is 180 Å². The molecule has 0 saturated heterocycles. The van der Waals surface area contributed by atoms with E-state index in [-0.39, 0.29) is 0 Å². The van der Waals surface area contributed by atoms with E-state index in [9.17, 15) is 0 Å². The molecule has 0 bridgehead atoms. The van der Waals surface area contributed by atoms with Crippen LogP contribution in [0.25, 0.3) is 10.8 Å². The van der Waals surface area contributed by atoms with Gasteiger partial charge in [0.05, 0.1) is 0 Å². The van der Waals surface area contributed by atoms with Crippen molar-refractivity contribution in [1.29, 1.82) is 0 Å². The second kappa shape index (κ2) is 9.49. The summed E-state index contributed by atoms with van der Waals surface area (Å²) in [6, 6.07) is 30.8. The Kier molecular flexibility index (Phi) is 6.34. The highest BCUT2D eigenvalue weighted by Gasteiger charge is 2.00. The average Bonchev–Trinajstić information content (AvgIpc) is 2.76. The van der Waals surface area contributed by atoms with Crippen LogP contribution in [0.1, 0.15) is 22.3 Å². The predicted molar refractivity (Wildman–Crippen MR) is 131 cm³/mol. The fourth-order valence-electron chi connectivity index (χ4n) is 3.68. The van der Waals surface area contributed by atoms with Crippen molar-refractivity contribution in [2.75, 3.05) is 23.7 Å². The maximum atomic E-state index is 3.56. The van der Waals surface area contributed by atoms with Crippen molar-refractivity contribution in [3.8, 4) is 0 Å². The number of benzene rings is 4. The van der Waals surface area contributed by atoms with Crippen molar-refractivity contribution < 1.29 is 0 Å². The van der Waals surface area contributed by atoms with Gasteiger partial charge in [-0.25, -0.2) is 0 Å². The van der Waals surface area contributed by atoms with Gasteiger partial charge in [0.25, 0.3) is 0 Å². The SMILES string of the molecule is Cc1ccc(CCNc2ccc3cc(NCCc4ccc(C)cc4)ccc3c2)cc1. The number of nitrogens with one attached hydrogen (secondary N) is 2. The van der Waals surface area contributed by atoms with Gasteiger partial charge in [-0.15, -0.1) is 0 Å². The lowest BCUT2D eigenvalue weighted by Crippen LogP contribution is -2.05. The van der Waals surface area contributed by atoms with E-state index in [2.05, 4.69) is 109 Å². The van der Waals surface area contributed by atoms with E-state index >= 15 is 0 Å². The topological polar surface area (TPSA) is 24.1 Å². The smallest absolute Gasteiger partial charge is 0.0346 e. The molecule has 30 heavy (non-hydrogen) atoms. The molecular formula is C28H30N2. The highest BCUT2D eigenvalue weighted by atomic mass is 14.9. The van der Waals surface area contributed by atoms with Crippen LogP contribution >= 0.6 is 0 Å². The van der Waals surface area contributed by atoms with E-state index in [1.54, 1.807) is 0 Å². The van der Waals surface area contributed by atoms with Gasteiger partial charge in [0, 0.05) is 24.5 Å². The van der Waals surface area contributed by atoms with Crippen molar-refractivity contribution in [3.63, 3.8) is 0 Å². The summed E-state index contributed by atoms with van der Waals surface area (Å²) in [6.45, 7) is 6.13. The van der Waals surface area contributed by atoms with Crippen molar-refractivity contribution in [2.45, 2.75) is 26.7 Å². The van der Waals surface area contributed by atoms with Crippen LogP contribution in [0.4, 0.5) is 11.4 Å². The van der Waals surface area contributed by atoms with Crippen molar-refractivity contribution in [1.82, 2.24) is 0 Å². The van der Waals surface area contributed by atoms with E-state index in [1.807, 2.05) is 0 Å². The molecule has 2 heteroatoms. The summed E-state index contributed by atoms with van der Waals surface area (Å²) in [5, 5.41) is 9.64. The molecule has 0 atom stereocenters. The number of hydrogen-bond donors (Lipinski definition) is 2. The van der Waals surface area contributed by atoms with Gasteiger partial charge in [-0.05, 0) is 72.9 Å². The van der Waals surface area contributed by atoms with Crippen molar-refractivity contribution in [2.24, 2.45) is 0 Å². The van der Waals surface area contributed by atoms with Gasteiger partial charge in [0.15, 0.2) is 0 Å². The Morgan fingerprint density at radius 3 is 1.30 bits per heavy atom. The van der Waals surface area contributed by atoms with Gasteiger partial charge in [-0.1, -0.05) is 71.8 Å². The second-order valence-corrected chi connectivity index (χ2v) is 8.10. The first-order valence-electron chi connectivity index (χ1n) is 10.8. The third-order valence-electron chi connectivity index (χ3n) is 5.57. The summed E-state index contributed by atoms with van der Waals surface area (Å²) in [7, 11) is 0. The number of rotatable bonds is 8. The molecule has 4 aromatic carbocycles. The molecule has 2 nitrogen and oxygen atoms in total. The molecule has 0 aliphatic carbocycles. The lowest BCUT2D eigenvalue weighted by molar-refractivity contribution is 1.02. The number of aryl methyl sites for hydroxylation is 2. The van der Waals surface area contributed by atoms with Crippen LogP contribution in [0.15, 0.2) is 84.9 Å². The molecule has 0 radical (unpaired) electrons. The number of fused-ring (bicyclic) bond motifs is 1. The number of anilines is 2. The van der Waals surface area contributed by atoms with E-state index in [0.717, 1.165) is 25.9 Å². The van der Waals surface area contributed by atoms with Crippen molar-refractivity contribution >= 4 is 22.1 Å². The molecule has 0 unspecified atom stereocenters. The summed E-state index contributed by atoms with van der Waals surface area (Å²) < 4.78 is 0. The lowest BCUT2D eigenvalue weighted by Gasteiger charge is -2.10. The zero-order valence-electron chi connectivity index (χ0n) is 17.9. The summed E-state index contributed by atoms with van der Waals surface area (Å²) in [4.78, 5) is 0. The van der Waals surface area contributed by atoms with Crippen LogP contribution in [-0.4, -0.2) is 13.1 Å². The molecule has 0 fully saturated rings. The fraction of sp³-hybridized carbons (Fsp3) is 0.214. The minimum Gasteiger partial charge on any atom is -0.385 e. The molecule has 2 N–H and O–H groups in total. The average molecular weight is 395 g/mol. The highest BCUT2D eigenvalue weighted by Crippen LogP contribution is 2.23. The third kappa shape index (κ3) is 5.42. The molecule has 0 aliphatic rings. The van der Waals surface area contributed by atoms with Crippen LogP contribution in [0.2, 0.25) is 0 Å². The minimum atomic E-state index is 0.938. The van der Waals surface area contributed by atoms with E-state index in [1.165, 1.54) is 44.4 Å². The predicted octanol–water partition coefficient (Wildman–Crippen LogP) is 6.77. The zero-order valence-corrected chi connectivity index (χ0v) is 17.9. The van der Waals surface area contributed by atoms with Gasteiger partial charge in [-0.2, -0.15) is 0 Å². The van der Waals surface area contributed by atoms with Gasteiger partial charge in [-0.3, -0.25) is 0 Å². The van der Waals surface area contributed by atoms with E-state index in [4.69, 9.17) is 0 Å². The molecule has 0 spiro atoms. The summed E-state index contributed by atoms with van der Waals surface area (Å²) in [5.74, 6) is 0. The standard InChI is InChI=1S/C28H30N2/c1-21-3-7-23(8-4-21)15-17-29-27-13-11-26-20-28(14-12-25(26)19-27)30-18-16-24-9-5-22(2)6-10-24/h3-14,19-20,29-30H,15-18H2,1-2H3. The maximum absolute atomic E-state index is 3.56. The molecule has 152 valence electrons. The van der Waals surface area contributed by atoms with Gasteiger partial charge in [0.1, 0.15) is 0 Å².